The van der Waals surface area contributed by atoms with Gasteiger partial charge < -0.3 is 5.32 Å². The first-order valence-corrected chi connectivity index (χ1v) is 12.5. The molecular weight excluding hydrogens is 469 g/mol. The smallest absolute Gasteiger partial charge is 0.247 e. The Kier molecular flexibility index (Phi) is 6.73. The fourth-order valence-electron chi connectivity index (χ4n) is 4.17. The van der Waals surface area contributed by atoms with E-state index < -0.39 is 39.7 Å². The van der Waals surface area contributed by atoms with Crippen LogP contribution in [0.2, 0.25) is 0 Å². The van der Waals surface area contributed by atoms with Gasteiger partial charge in [-0.3, -0.25) is 14.5 Å². The summed E-state index contributed by atoms with van der Waals surface area (Å²) in [5, 5.41) is 2.83. The van der Waals surface area contributed by atoms with E-state index in [-0.39, 0.29) is 23.7 Å². The number of nitrogens with zero attached hydrogens (tertiary/aromatic N) is 2. The van der Waals surface area contributed by atoms with Gasteiger partial charge in [-0.15, -0.1) is 0 Å². The van der Waals surface area contributed by atoms with Crippen LogP contribution in [0.25, 0.3) is 0 Å². The Bertz CT molecular complexity index is 1350. The Morgan fingerprint density at radius 3 is 2.37 bits per heavy atom. The molecule has 0 saturated carbocycles. The number of hydrogen-bond donors (Lipinski definition) is 1. The summed E-state index contributed by atoms with van der Waals surface area (Å²) < 4.78 is 41.7. The zero-order valence-corrected chi connectivity index (χ0v) is 20.3. The number of halogens is 1. The highest BCUT2D eigenvalue weighted by Gasteiger charge is 2.51. The van der Waals surface area contributed by atoms with Crippen LogP contribution < -0.4 is 10.2 Å². The van der Waals surface area contributed by atoms with Crippen LogP contribution in [0, 0.1) is 12.7 Å². The highest BCUT2D eigenvalue weighted by Crippen LogP contribution is 2.32. The van der Waals surface area contributed by atoms with Crippen molar-refractivity contribution >= 4 is 27.5 Å². The van der Waals surface area contributed by atoms with E-state index in [1.54, 1.807) is 18.2 Å². The molecule has 0 radical (unpaired) electrons. The number of carbonyl (C=O) groups is 2. The van der Waals surface area contributed by atoms with Gasteiger partial charge in [0.1, 0.15) is 11.4 Å². The van der Waals surface area contributed by atoms with E-state index in [2.05, 4.69) is 5.32 Å². The fraction of sp³-hybridized carbons (Fsp3) is 0.231. The molecule has 182 valence electrons. The summed E-state index contributed by atoms with van der Waals surface area (Å²) in [5.41, 5.74) is 0.472. The van der Waals surface area contributed by atoms with Crippen molar-refractivity contribution in [1.82, 2.24) is 9.62 Å². The standard InChI is InChI=1S/C26H26FN3O4S/c1-19-11-13-20(14-12-19)16-28-25(32)26(2)18-29(35(33,34)23-9-4-3-5-10-23)17-24(31)30(26)22-8-6-7-21(27)15-22/h3-15H,16-18H2,1-2H3,(H,28,32)/t26-/m1/s1. The van der Waals surface area contributed by atoms with E-state index in [1.807, 2.05) is 31.2 Å². The minimum atomic E-state index is -4.05. The molecule has 3 aromatic carbocycles. The molecule has 2 amide bonds. The van der Waals surface area contributed by atoms with E-state index in [0.717, 1.165) is 21.5 Å². The second kappa shape index (κ2) is 9.59. The third-order valence-electron chi connectivity index (χ3n) is 6.05. The van der Waals surface area contributed by atoms with Crippen LogP contribution in [0.15, 0.2) is 83.8 Å². The molecule has 1 aliphatic heterocycles. The van der Waals surface area contributed by atoms with Crippen molar-refractivity contribution in [3.8, 4) is 0 Å². The molecule has 0 aromatic heterocycles. The van der Waals surface area contributed by atoms with Gasteiger partial charge in [-0.2, -0.15) is 4.31 Å². The van der Waals surface area contributed by atoms with Gasteiger partial charge in [0.2, 0.25) is 21.8 Å². The van der Waals surface area contributed by atoms with Gasteiger partial charge in [-0.05, 0) is 49.7 Å². The molecule has 0 unspecified atom stereocenters. The van der Waals surface area contributed by atoms with E-state index in [1.165, 1.54) is 42.2 Å². The number of benzene rings is 3. The number of hydrogen-bond acceptors (Lipinski definition) is 4. The van der Waals surface area contributed by atoms with E-state index >= 15 is 0 Å². The Morgan fingerprint density at radius 2 is 1.71 bits per heavy atom. The third-order valence-corrected chi connectivity index (χ3v) is 7.85. The Labute approximate surface area is 204 Å². The van der Waals surface area contributed by atoms with E-state index in [0.29, 0.717) is 0 Å². The summed E-state index contributed by atoms with van der Waals surface area (Å²) >= 11 is 0. The lowest BCUT2D eigenvalue weighted by molar-refractivity contribution is -0.133. The topological polar surface area (TPSA) is 86.8 Å². The van der Waals surface area contributed by atoms with Gasteiger partial charge >= 0.3 is 0 Å². The Hall–Kier alpha value is -3.56. The number of anilines is 1. The number of carbonyl (C=O) groups excluding carboxylic acids is 2. The zero-order chi connectivity index (χ0) is 25.2. The number of aryl methyl sites for hydroxylation is 1. The van der Waals surface area contributed by atoms with Crippen LogP contribution in [-0.4, -0.2) is 43.2 Å². The first-order valence-electron chi connectivity index (χ1n) is 11.1. The molecule has 1 fully saturated rings. The maximum Gasteiger partial charge on any atom is 0.247 e. The number of sulfonamides is 1. The lowest BCUT2D eigenvalue weighted by Crippen LogP contribution is -2.70. The van der Waals surface area contributed by atoms with Gasteiger partial charge in [-0.1, -0.05) is 54.1 Å². The Morgan fingerprint density at radius 1 is 1.03 bits per heavy atom. The van der Waals surface area contributed by atoms with Crippen LogP contribution in [-0.2, 0) is 26.2 Å². The molecule has 1 N–H and O–H groups in total. The van der Waals surface area contributed by atoms with E-state index in [4.69, 9.17) is 0 Å². The monoisotopic (exact) mass is 495 g/mol. The molecular formula is C26H26FN3O4S. The molecule has 35 heavy (non-hydrogen) atoms. The van der Waals surface area contributed by atoms with Gasteiger partial charge in [0.15, 0.2) is 0 Å². The third kappa shape index (κ3) is 4.96. The van der Waals surface area contributed by atoms with Gasteiger partial charge in [-0.25, -0.2) is 12.8 Å². The molecule has 0 spiro atoms. The quantitative estimate of drug-likeness (QED) is 0.569. The number of nitrogens with one attached hydrogen (secondary N) is 1. The van der Waals surface area contributed by atoms with Gasteiger partial charge in [0, 0.05) is 18.8 Å². The molecule has 3 aromatic rings. The SMILES string of the molecule is Cc1ccc(CNC(=O)[C@@]2(C)CN(S(=O)(=O)c3ccccc3)CC(=O)N2c2cccc(F)c2)cc1. The summed E-state index contributed by atoms with van der Waals surface area (Å²) in [5.74, 6) is -1.75. The summed E-state index contributed by atoms with van der Waals surface area (Å²) in [4.78, 5) is 28.1. The second-order valence-electron chi connectivity index (χ2n) is 8.74. The average molecular weight is 496 g/mol. The van der Waals surface area contributed by atoms with Gasteiger partial charge in [0.25, 0.3) is 0 Å². The van der Waals surface area contributed by atoms with Crippen molar-refractivity contribution in [3.63, 3.8) is 0 Å². The summed E-state index contributed by atoms with van der Waals surface area (Å²) in [6.45, 7) is 2.86. The van der Waals surface area contributed by atoms with Crippen LogP contribution in [0.3, 0.4) is 0 Å². The summed E-state index contributed by atoms with van der Waals surface area (Å²) in [6.07, 6.45) is 0. The molecule has 9 heteroatoms. The molecule has 0 bridgehead atoms. The highest BCUT2D eigenvalue weighted by molar-refractivity contribution is 7.89. The fourth-order valence-corrected chi connectivity index (χ4v) is 5.68. The van der Waals surface area contributed by atoms with Crippen molar-refractivity contribution in [2.75, 3.05) is 18.0 Å². The molecule has 7 nitrogen and oxygen atoms in total. The predicted octanol–water partition coefficient (Wildman–Crippen LogP) is 3.25. The molecule has 1 saturated heterocycles. The van der Waals surface area contributed by atoms with Crippen molar-refractivity contribution in [2.45, 2.75) is 30.8 Å². The van der Waals surface area contributed by atoms with Gasteiger partial charge in [0.05, 0.1) is 11.4 Å². The van der Waals surface area contributed by atoms with Crippen LogP contribution >= 0.6 is 0 Å². The van der Waals surface area contributed by atoms with E-state index in [9.17, 15) is 22.4 Å². The molecule has 4 rings (SSSR count). The van der Waals surface area contributed by atoms with Crippen LogP contribution in [0.4, 0.5) is 10.1 Å². The first-order chi connectivity index (χ1) is 16.6. The van der Waals surface area contributed by atoms with Crippen LogP contribution in [0.5, 0.6) is 0 Å². The normalized spacial score (nSPS) is 18.9. The molecule has 1 atom stereocenters. The Balaban J connectivity index is 1.70. The number of piperazine rings is 1. The maximum atomic E-state index is 14.0. The minimum Gasteiger partial charge on any atom is -0.350 e. The predicted molar refractivity (Wildman–Crippen MR) is 131 cm³/mol. The lowest BCUT2D eigenvalue weighted by Gasteiger charge is -2.46. The average Bonchev–Trinajstić information content (AvgIpc) is 2.83. The highest BCUT2D eigenvalue weighted by atomic mass is 32.2. The number of amides is 2. The maximum absolute atomic E-state index is 14.0. The first kappa shape index (κ1) is 24.6. The largest absolute Gasteiger partial charge is 0.350 e. The van der Waals surface area contributed by atoms with Crippen molar-refractivity contribution < 1.29 is 22.4 Å². The summed E-state index contributed by atoms with van der Waals surface area (Å²) in [7, 11) is -4.05. The zero-order valence-electron chi connectivity index (χ0n) is 19.4. The summed E-state index contributed by atoms with van der Waals surface area (Å²) in [6, 6.07) is 20.7. The molecule has 1 heterocycles. The van der Waals surface area contributed by atoms with Crippen LogP contribution in [0.1, 0.15) is 18.1 Å². The van der Waals surface area contributed by atoms with Crippen molar-refractivity contribution in [2.24, 2.45) is 0 Å². The van der Waals surface area contributed by atoms with Crippen molar-refractivity contribution in [3.05, 3.63) is 95.8 Å². The minimum absolute atomic E-state index is 0.0226. The lowest BCUT2D eigenvalue weighted by atomic mass is 9.94. The number of rotatable bonds is 6. The second-order valence-corrected chi connectivity index (χ2v) is 10.7. The molecule has 1 aliphatic rings. The molecule has 0 aliphatic carbocycles. The van der Waals surface area contributed by atoms with Crippen molar-refractivity contribution in [1.29, 1.82) is 0 Å².